The minimum absolute atomic E-state index is 0. The number of amides is 2. The molecule has 0 radical (unpaired) electrons. The second kappa shape index (κ2) is 9.94. The number of carbonyl (C=O) groups is 2. The molecule has 0 atom stereocenters. The van der Waals surface area contributed by atoms with E-state index in [1.165, 1.54) is 11.3 Å². The highest BCUT2D eigenvalue weighted by molar-refractivity contribution is 7.09. The van der Waals surface area contributed by atoms with Crippen LogP contribution >= 0.6 is 23.7 Å². The summed E-state index contributed by atoms with van der Waals surface area (Å²) in [5, 5.41) is 7.85. The predicted molar refractivity (Wildman–Crippen MR) is 92.5 cm³/mol. The first-order chi connectivity index (χ1) is 10.7. The van der Waals surface area contributed by atoms with Crippen LogP contribution in [0.2, 0.25) is 0 Å². The molecule has 8 heteroatoms. The third kappa shape index (κ3) is 6.35. The normalized spacial score (nSPS) is 9.78. The number of nitrogens with two attached hydrogens (primary N) is 1. The van der Waals surface area contributed by atoms with E-state index in [1.54, 1.807) is 5.38 Å². The zero-order valence-corrected chi connectivity index (χ0v) is 14.1. The number of nitrogens with one attached hydrogen (secondary N) is 2. The van der Waals surface area contributed by atoms with Crippen LogP contribution in [0.1, 0.15) is 27.5 Å². The Balaban J connectivity index is 0.00000264. The predicted octanol–water partition coefficient (Wildman–Crippen LogP) is 1.46. The first-order valence-electron chi connectivity index (χ1n) is 6.92. The molecule has 0 saturated heterocycles. The molecule has 124 valence electrons. The van der Waals surface area contributed by atoms with E-state index < -0.39 is 0 Å². The van der Waals surface area contributed by atoms with E-state index in [1.807, 2.05) is 30.3 Å². The van der Waals surface area contributed by atoms with Gasteiger partial charge in [0.1, 0.15) is 10.7 Å². The van der Waals surface area contributed by atoms with Crippen LogP contribution in [0, 0.1) is 0 Å². The van der Waals surface area contributed by atoms with Crippen LogP contribution in [-0.2, 0) is 17.9 Å². The molecule has 23 heavy (non-hydrogen) atoms. The highest BCUT2D eigenvalue weighted by Gasteiger charge is 2.10. The van der Waals surface area contributed by atoms with Gasteiger partial charge in [0.2, 0.25) is 5.91 Å². The Bertz CT molecular complexity index is 633. The van der Waals surface area contributed by atoms with Crippen molar-refractivity contribution in [2.24, 2.45) is 5.73 Å². The van der Waals surface area contributed by atoms with Crippen molar-refractivity contribution in [3.8, 4) is 0 Å². The zero-order valence-electron chi connectivity index (χ0n) is 12.5. The van der Waals surface area contributed by atoms with Gasteiger partial charge in [-0.05, 0) is 5.56 Å². The van der Waals surface area contributed by atoms with Crippen LogP contribution in [0.4, 0.5) is 0 Å². The third-order valence-electron chi connectivity index (χ3n) is 2.93. The molecule has 0 saturated carbocycles. The maximum absolute atomic E-state index is 11.8. The van der Waals surface area contributed by atoms with Crippen LogP contribution < -0.4 is 16.4 Å². The molecule has 0 bridgehead atoms. The van der Waals surface area contributed by atoms with Crippen molar-refractivity contribution < 1.29 is 9.59 Å². The summed E-state index contributed by atoms with van der Waals surface area (Å²) in [6.07, 6.45) is 0.229. The summed E-state index contributed by atoms with van der Waals surface area (Å²) in [5.74, 6) is -0.392. The molecule has 4 N–H and O–H groups in total. The Morgan fingerprint density at radius 3 is 2.57 bits per heavy atom. The molecule has 0 unspecified atom stereocenters. The van der Waals surface area contributed by atoms with Crippen molar-refractivity contribution in [2.45, 2.75) is 19.5 Å². The molecule has 0 aliphatic heterocycles. The summed E-state index contributed by atoms with van der Waals surface area (Å²) >= 11 is 1.35. The summed E-state index contributed by atoms with van der Waals surface area (Å²) < 4.78 is 0. The lowest BCUT2D eigenvalue weighted by atomic mass is 10.2. The quantitative estimate of drug-likeness (QED) is 0.701. The topological polar surface area (TPSA) is 97.1 Å². The number of benzene rings is 1. The van der Waals surface area contributed by atoms with Gasteiger partial charge in [0.05, 0.1) is 0 Å². The monoisotopic (exact) mass is 354 g/mol. The van der Waals surface area contributed by atoms with E-state index >= 15 is 0 Å². The summed E-state index contributed by atoms with van der Waals surface area (Å²) in [6, 6.07) is 9.66. The number of rotatable bonds is 7. The average Bonchev–Trinajstić information content (AvgIpc) is 3.03. The molecular weight excluding hydrogens is 336 g/mol. The first-order valence-corrected chi connectivity index (χ1v) is 7.80. The van der Waals surface area contributed by atoms with Gasteiger partial charge < -0.3 is 16.4 Å². The smallest absolute Gasteiger partial charge is 0.270 e. The lowest BCUT2D eigenvalue weighted by Crippen LogP contribution is -2.30. The molecule has 0 aliphatic carbocycles. The number of hydrogen-bond acceptors (Lipinski definition) is 5. The largest absolute Gasteiger partial charge is 0.352 e. The molecular formula is C15H19ClN4O2S. The Hall–Kier alpha value is -1.96. The van der Waals surface area contributed by atoms with Crippen molar-refractivity contribution >= 4 is 35.6 Å². The molecule has 2 amide bonds. The average molecular weight is 355 g/mol. The summed E-state index contributed by atoms with van der Waals surface area (Å²) in [5.41, 5.74) is 6.83. The Morgan fingerprint density at radius 2 is 1.91 bits per heavy atom. The minimum Gasteiger partial charge on any atom is -0.352 e. The molecule has 1 aromatic carbocycles. The van der Waals surface area contributed by atoms with Gasteiger partial charge in [-0.3, -0.25) is 9.59 Å². The van der Waals surface area contributed by atoms with Crippen molar-refractivity contribution in [3.05, 3.63) is 52.0 Å². The van der Waals surface area contributed by atoms with Crippen molar-refractivity contribution in [1.29, 1.82) is 0 Å². The molecule has 2 aromatic rings. The van der Waals surface area contributed by atoms with E-state index in [2.05, 4.69) is 15.6 Å². The van der Waals surface area contributed by atoms with Crippen molar-refractivity contribution in [1.82, 2.24) is 15.6 Å². The SMILES string of the molecule is Cl.NCc1nc(C(=O)NCCC(=O)NCc2ccccc2)cs1. The highest BCUT2D eigenvalue weighted by atomic mass is 35.5. The van der Waals surface area contributed by atoms with Crippen LogP contribution in [0.5, 0.6) is 0 Å². The lowest BCUT2D eigenvalue weighted by molar-refractivity contribution is -0.121. The van der Waals surface area contributed by atoms with E-state index in [9.17, 15) is 9.59 Å². The number of hydrogen-bond donors (Lipinski definition) is 3. The molecule has 2 rings (SSSR count). The first kappa shape index (κ1) is 19.1. The molecule has 6 nitrogen and oxygen atoms in total. The third-order valence-corrected chi connectivity index (χ3v) is 3.80. The van der Waals surface area contributed by atoms with Gasteiger partial charge in [-0.25, -0.2) is 4.98 Å². The fraction of sp³-hybridized carbons (Fsp3) is 0.267. The highest BCUT2D eigenvalue weighted by Crippen LogP contribution is 2.08. The molecule has 0 aliphatic rings. The second-order valence-corrected chi connectivity index (χ2v) is 5.54. The van der Waals surface area contributed by atoms with Gasteiger partial charge in [0.25, 0.3) is 5.91 Å². The summed E-state index contributed by atoms with van der Waals surface area (Å²) in [6.45, 7) is 1.08. The second-order valence-electron chi connectivity index (χ2n) is 4.60. The Morgan fingerprint density at radius 1 is 1.17 bits per heavy atom. The summed E-state index contributed by atoms with van der Waals surface area (Å²) in [7, 11) is 0. The van der Waals surface area contributed by atoms with Crippen LogP contribution in [0.15, 0.2) is 35.7 Å². The molecule has 0 spiro atoms. The number of halogens is 1. The zero-order chi connectivity index (χ0) is 15.8. The van der Waals surface area contributed by atoms with E-state index in [4.69, 9.17) is 5.73 Å². The Labute approximate surface area is 144 Å². The van der Waals surface area contributed by atoms with Crippen LogP contribution in [-0.4, -0.2) is 23.3 Å². The van der Waals surface area contributed by atoms with Gasteiger partial charge in [-0.15, -0.1) is 23.7 Å². The lowest BCUT2D eigenvalue weighted by Gasteiger charge is -2.06. The maximum Gasteiger partial charge on any atom is 0.270 e. The van der Waals surface area contributed by atoms with Gasteiger partial charge in [-0.1, -0.05) is 30.3 Å². The van der Waals surface area contributed by atoms with Crippen molar-refractivity contribution in [3.63, 3.8) is 0 Å². The van der Waals surface area contributed by atoms with E-state index in [-0.39, 0.29) is 37.2 Å². The maximum atomic E-state index is 11.8. The van der Waals surface area contributed by atoms with Crippen molar-refractivity contribution in [2.75, 3.05) is 6.54 Å². The van der Waals surface area contributed by atoms with Crippen LogP contribution in [0.25, 0.3) is 0 Å². The fourth-order valence-electron chi connectivity index (χ4n) is 1.77. The number of aromatic nitrogens is 1. The fourth-order valence-corrected chi connectivity index (χ4v) is 2.43. The van der Waals surface area contributed by atoms with Gasteiger partial charge in [0.15, 0.2) is 0 Å². The Kier molecular flexibility index (Phi) is 8.25. The van der Waals surface area contributed by atoms with Gasteiger partial charge in [0, 0.05) is 31.4 Å². The van der Waals surface area contributed by atoms with Crippen LogP contribution in [0.3, 0.4) is 0 Å². The van der Waals surface area contributed by atoms with E-state index in [0.717, 1.165) is 5.56 Å². The molecule has 0 fully saturated rings. The standard InChI is InChI=1S/C15H18N4O2S.ClH/c16-8-14-19-12(10-22-14)15(21)17-7-6-13(20)18-9-11-4-2-1-3-5-11;/h1-5,10H,6-9,16H2,(H,17,21)(H,18,20);1H. The number of thiazole rings is 1. The number of carbonyl (C=O) groups excluding carboxylic acids is 2. The summed E-state index contributed by atoms with van der Waals surface area (Å²) in [4.78, 5) is 27.6. The minimum atomic E-state index is -0.285. The number of nitrogens with zero attached hydrogens (tertiary/aromatic N) is 1. The van der Waals surface area contributed by atoms with Gasteiger partial charge >= 0.3 is 0 Å². The van der Waals surface area contributed by atoms with Gasteiger partial charge in [-0.2, -0.15) is 0 Å². The molecule has 1 aromatic heterocycles. The molecule has 1 heterocycles. The van der Waals surface area contributed by atoms with E-state index in [0.29, 0.717) is 23.8 Å².